The van der Waals surface area contributed by atoms with Crippen LogP contribution in [0.2, 0.25) is 0 Å². The zero-order valence-corrected chi connectivity index (χ0v) is 18.1. The molecule has 0 radical (unpaired) electrons. The van der Waals surface area contributed by atoms with Crippen LogP contribution in [-0.2, 0) is 11.3 Å². The summed E-state index contributed by atoms with van der Waals surface area (Å²) in [5.74, 6) is 1.79. The summed E-state index contributed by atoms with van der Waals surface area (Å²) in [5.41, 5.74) is 2.27. The van der Waals surface area contributed by atoms with Gasteiger partial charge < -0.3 is 10.1 Å². The molecule has 4 rings (SSSR count). The van der Waals surface area contributed by atoms with Crippen LogP contribution in [0.4, 0.5) is 0 Å². The molecule has 160 valence electrons. The number of pyridine rings is 1. The van der Waals surface area contributed by atoms with Crippen molar-refractivity contribution in [2.75, 3.05) is 19.6 Å². The summed E-state index contributed by atoms with van der Waals surface area (Å²) in [5, 5.41) is 3.09. The first-order valence-corrected chi connectivity index (χ1v) is 11.2. The number of piperidine rings is 1. The minimum Gasteiger partial charge on any atom is -0.487 e. The van der Waals surface area contributed by atoms with E-state index in [2.05, 4.69) is 53.3 Å². The molecule has 1 spiro atoms. The lowest BCUT2D eigenvalue weighted by molar-refractivity contribution is -0.122. The van der Waals surface area contributed by atoms with Crippen molar-refractivity contribution in [3.63, 3.8) is 0 Å². The van der Waals surface area contributed by atoms with Gasteiger partial charge in [0.1, 0.15) is 11.4 Å². The Morgan fingerprint density at radius 2 is 2.03 bits per heavy atom. The summed E-state index contributed by atoms with van der Waals surface area (Å²) in [7, 11) is 0. The number of para-hydroxylation sites is 1. The molecule has 1 fully saturated rings. The summed E-state index contributed by atoms with van der Waals surface area (Å²) in [6.45, 7) is 7.92. The lowest BCUT2D eigenvalue weighted by Gasteiger charge is -2.47. The second-order valence-corrected chi connectivity index (χ2v) is 9.26. The van der Waals surface area contributed by atoms with Gasteiger partial charge in [0.2, 0.25) is 5.91 Å². The highest BCUT2D eigenvalue weighted by molar-refractivity contribution is 5.77. The minimum atomic E-state index is -0.164. The fraction of sp³-hybridized carbons (Fsp3) is 0.520. The number of benzene rings is 1. The van der Waals surface area contributed by atoms with E-state index in [1.165, 1.54) is 11.1 Å². The Morgan fingerprint density at radius 3 is 2.77 bits per heavy atom. The van der Waals surface area contributed by atoms with E-state index in [0.29, 0.717) is 12.3 Å². The van der Waals surface area contributed by atoms with E-state index in [1.54, 1.807) is 0 Å². The molecule has 1 atom stereocenters. The molecule has 2 aliphatic heterocycles. The van der Waals surface area contributed by atoms with Crippen LogP contribution >= 0.6 is 0 Å². The highest BCUT2D eigenvalue weighted by Crippen LogP contribution is 2.46. The molecule has 0 saturated carbocycles. The maximum absolute atomic E-state index is 12.6. The Bertz CT molecular complexity index is 844. The van der Waals surface area contributed by atoms with Gasteiger partial charge in [0.15, 0.2) is 0 Å². The first-order valence-electron chi connectivity index (χ1n) is 11.2. The average Bonchev–Trinajstić information content (AvgIpc) is 2.75. The number of nitrogens with one attached hydrogen (secondary N) is 1. The number of carbonyl (C=O) groups excluding carboxylic acids is 1. The monoisotopic (exact) mass is 407 g/mol. The normalized spacial score (nSPS) is 20.6. The molecule has 1 aromatic heterocycles. The third-order valence-corrected chi connectivity index (χ3v) is 6.34. The molecule has 0 bridgehead atoms. The van der Waals surface area contributed by atoms with Gasteiger partial charge in [0.25, 0.3) is 0 Å². The molecule has 1 aromatic carbocycles. The predicted octanol–water partition coefficient (Wildman–Crippen LogP) is 4.14. The number of carbonyl (C=O) groups is 1. The highest BCUT2D eigenvalue weighted by atomic mass is 16.5. The fourth-order valence-corrected chi connectivity index (χ4v) is 4.72. The van der Waals surface area contributed by atoms with Crippen molar-refractivity contribution in [3.05, 3.63) is 59.9 Å². The van der Waals surface area contributed by atoms with Crippen LogP contribution in [0.5, 0.6) is 5.75 Å². The molecular weight excluding hydrogens is 374 g/mol. The van der Waals surface area contributed by atoms with Gasteiger partial charge in [-0.2, -0.15) is 0 Å². The molecule has 30 heavy (non-hydrogen) atoms. The minimum absolute atomic E-state index is 0.148. The van der Waals surface area contributed by atoms with Crippen LogP contribution in [0.25, 0.3) is 0 Å². The van der Waals surface area contributed by atoms with Crippen LogP contribution < -0.4 is 10.1 Å². The number of nitrogens with zero attached hydrogens (tertiary/aromatic N) is 2. The molecule has 1 N–H and O–H groups in total. The first kappa shape index (κ1) is 20.9. The summed E-state index contributed by atoms with van der Waals surface area (Å²) in [6, 6.07) is 12.4. The van der Waals surface area contributed by atoms with Gasteiger partial charge in [0, 0.05) is 50.9 Å². The van der Waals surface area contributed by atoms with Crippen molar-refractivity contribution in [2.24, 2.45) is 5.92 Å². The molecule has 1 amide bonds. The van der Waals surface area contributed by atoms with E-state index in [-0.39, 0.29) is 17.4 Å². The van der Waals surface area contributed by atoms with Crippen LogP contribution in [0.1, 0.15) is 56.6 Å². The maximum atomic E-state index is 12.6. The zero-order chi connectivity index (χ0) is 21.0. The Kier molecular flexibility index (Phi) is 6.38. The summed E-state index contributed by atoms with van der Waals surface area (Å²) >= 11 is 0. The lowest BCUT2D eigenvalue weighted by atomic mass is 9.76. The summed E-state index contributed by atoms with van der Waals surface area (Å²) in [4.78, 5) is 19.3. The van der Waals surface area contributed by atoms with Gasteiger partial charge in [-0.25, -0.2) is 0 Å². The van der Waals surface area contributed by atoms with Crippen LogP contribution in [-0.4, -0.2) is 41.0 Å². The molecule has 0 aliphatic carbocycles. The predicted molar refractivity (Wildman–Crippen MR) is 118 cm³/mol. The van der Waals surface area contributed by atoms with Gasteiger partial charge in [-0.3, -0.25) is 14.7 Å². The standard InChI is InChI=1S/C25H33N3O2/c1-19(2)16-27-24(29)14-21-15-25(30-23-8-4-3-7-22(21)23)9-12-28(13-10-25)18-20-6-5-11-26-17-20/h3-8,11,17,19,21H,9-10,12-16,18H2,1-2H3,(H,27,29). The Labute approximate surface area is 179 Å². The number of hydrogen-bond acceptors (Lipinski definition) is 4. The first-order chi connectivity index (χ1) is 14.5. The van der Waals surface area contributed by atoms with Crippen molar-refractivity contribution in [1.82, 2.24) is 15.2 Å². The summed E-state index contributed by atoms with van der Waals surface area (Å²) < 4.78 is 6.60. The van der Waals surface area contributed by atoms with Crippen molar-refractivity contribution < 1.29 is 9.53 Å². The number of fused-ring (bicyclic) bond motifs is 1. The van der Waals surface area contributed by atoms with E-state index < -0.39 is 0 Å². The van der Waals surface area contributed by atoms with Gasteiger partial charge in [-0.15, -0.1) is 0 Å². The number of aromatic nitrogens is 1. The molecule has 5 nitrogen and oxygen atoms in total. The van der Waals surface area contributed by atoms with Crippen molar-refractivity contribution in [2.45, 2.75) is 57.6 Å². The van der Waals surface area contributed by atoms with E-state index in [0.717, 1.165) is 51.2 Å². The largest absolute Gasteiger partial charge is 0.487 e. The number of ether oxygens (including phenoxy) is 1. The number of likely N-dealkylation sites (tertiary alicyclic amines) is 1. The highest BCUT2D eigenvalue weighted by Gasteiger charge is 2.43. The summed E-state index contributed by atoms with van der Waals surface area (Å²) in [6.07, 6.45) is 7.20. The zero-order valence-electron chi connectivity index (χ0n) is 18.1. The molecule has 1 saturated heterocycles. The SMILES string of the molecule is CC(C)CNC(=O)CC1CC2(CCN(Cc3cccnc3)CC2)Oc2ccccc21. The van der Waals surface area contributed by atoms with E-state index in [9.17, 15) is 4.79 Å². The topological polar surface area (TPSA) is 54.5 Å². The molecule has 5 heteroatoms. The second-order valence-electron chi connectivity index (χ2n) is 9.26. The Balaban J connectivity index is 1.43. The third-order valence-electron chi connectivity index (χ3n) is 6.34. The number of rotatable bonds is 6. The van der Waals surface area contributed by atoms with E-state index >= 15 is 0 Å². The Hall–Kier alpha value is -2.40. The number of amides is 1. The van der Waals surface area contributed by atoms with Crippen molar-refractivity contribution in [1.29, 1.82) is 0 Å². The second kappa shape index (κ2) is 9.17. The van der Waals surface area contributed by atoms with Gasteiger partial charge in [0.05, 0.1) is 0 Å². The average molecular weight is 408 g/mol. The fourth-order valence-electron chi connectivity index (χ4n) is 4.72. The van der Waals surface area contributed by atoms with Crippen molar-refractivity contribution >= 4 is 5.91 Å². The molecule has 1 unspecified atom stereocenters. The molecule has 3 heterocycles. The van der Waals surface area contributed by atoms with E-state index in [4.69, 9.17) is 4.74 Å². The van der Waals surface area contributed by atoms with Gasteiger partial charge in [-0.05, 0) is 48.4 Å². The van der Waals surface area contributed by atoms with E-state index in [1.807, 2.05) is 24.5 Å². The van der Waals surface area contributed by atoms with Gasteiger partial charge in [-0.1, -0.05) is 38.1 Å². The number of hydrogen-bond donors (Lipinski definition) is 1. The smallest absolute Gasteiger partial charge is 0.220 e. The maximum Gasteiger partial charge on any atom is 0.220 e. The molecular formula is C25H33N3O2. The Morgan fingerprint density at radius 1 is 1.23 bits per heavy atom. The quantitative estimate of drug-likeness (QED) is 0.782. The van der Waals surface area contributed by atoms with Crippen LogP contribution in [0.15, 0.2) is 48.8 Å². The third kappa shape index (κ3) is 5.01. The lowest BCUT2D eigenvalue weighted by Crippen LogP contribution is -2.50. The van der Waals surface area contributed by atoms with Crippen LogP contribution in [0, 0.1) is 5.92 Å². The van der Waals surface area contributed by atoms with Crippen LogP contribution in [0.3, 0.4) is 0 Å². The van der Waals surface area contributed by atoms with Gasteiger partial charge >= 0.3 is 0 Å². The molecule has 2 aliphatic rings. The molecule has 2 aromatic rings. The van der Waals surface area contributed by atoms with Crippen molar-refractivity contribution in [3.8, 4) is 5.75 Å².